The smallest absolute Gasteiger partial charge is 0.280 e. The second-order valence-electron chi connectivity index (χ2n) is 5.94. The van der Waals surface area contributed by atoms with Gasteiger partial charge in [-0.15, -0.1) is 0 Å². The number of anilines is 1. The van der Waals surface area contributed by atoms with Crippen LogP contribution < -0.4 is 14.5 Å². The molecule has 0 bridgehead atoms. The van der Waals surface area contributed by atoms with Gasteiger partial charge < -0.3 is 13.9 Å². The number of hydrogen-bond acceptors (Lipinski definition) is 7. The van der Waals surface area contributed by atoms with Crippen molar-refractivity contribution >= 4 is 38.8 Å². The molecule has 0 aliphatic carbocycles. The molecule has 8 heteroatoms. The normalized spacial score (nSPS) is 11.1. The van der Waals surface area contributed by atoms with Gasteiger partial charge >= 0.3 is 0 Å². The maximum Gasteiger partial charge on any atom is 0.280 e. The number of amides is 1. The van der Waals surface area contributed by atoms with Gasteiger partial charge in [0.05, 0.1) is 36.9 Å². The molecular weight excluding hydrogens is 390 g/mol. The third-order valence-corrected chi connectivity index (χ3v) is 5.13. The Labute approximate surface area is 170 Å². The summed E-state index contributed by atoms with van der Waals surface area (Å²) in [6.45, 7) is 0. The molecule has 0 atom stereocenters. The van der Waals surface area contributed by atoms with Crippen LogP contribution in [-0.2, 0) is 0 Å². The molecule has 7 nitrogen and oxygen atoms in total. The first-order valence-electron chi connectivity index (χ1n) is 8.68. The second kappa shape index (κ2) is 8.15. The van der Waals surface area contributed by atoms with E-state index in [1.165, 1.54) is 22.6 Å². The van der Waals surface area contributed by atoms with Crippen LogP contribution in [0, 0.1) is 0 Å². The average molecular weight is 407 g/mol. The summed E-state index contributed by atoms with van der Waals surface area (Å²) >= 11 is 1.35. The van der Waals surface area contributed by atoms with E-state index in [0.717, 1.165) is 16.0 Å². The summed E-state index contributed by atoms with van der Waals surface area (Å²) in [6, 6.07) is 15.9. The molecule has 0 radical (unpaired) electrons. The zero-order valence-electron chi connectivity index (χ0n) is 15.7. The lowest BCUT2D eigenvalue weighted by atomic mass is 10.2. The van der Waals surface area contributed by atoms with Crippen LogP contribution in [-0.4, -0.2) is 31.3 Å². The number of benzene rings is 2. The number of hydrazone groups is 1. The first kappa shape index (κ1) is 18.7. The van der Waals surface area contributed by atoms with Crippen LogP contribution in [0.25, 0.3) is 10.2 Å². The molecule has 146 valence electrons. The van der Waals surface area contributed by atoms with Gasteiger partial charge in [0, 0.05) is 5.56 Å². The first-order valence-corrected chi connectivity index (χ1v) is 9.50. The number of fused-ring (bicyclic) bond motifs is 1. The molecule has 2 heterocycles. The molecule has 2 aromatic heterocycles. The number of nitrogens with zero attached hydrogens (tertiary/aromatic N) is 3. The predicted molar refractivity (Wildman–Crippen MR) is 112 cm³/mol. The largest absolute Gasteiger partial charge is 0.497 e. The highest BCUT2D eigenvalue weighted by Crippen LogP contribution is 2.32. The average Bonchev–Trinajstić information content (AvgIpc) is 3.43. The Morgan fingerprint density at radius 1 is 1.10 bits per heavy atom. The summed E-state index contributed by atoms with van der Waals surface area (Å²) < 4.78 is 16.6. The quantitative estimate of drug-likeness (QED) is 0.345. The van der Waals surface area contributed by atoms with E-state index in [1.54, 1.807) is 56.9 Å². The van der Waals surface area contributed by atoms with E-state index in [1.807, 2.05) is 18.2 Å². The van der Waals surface area contributed by atoms with Crippen LogP contribution in [0.5, 0.6) is 11.5 Å². The zero-order valence-corrected chi connectivity index (χ0v) is 16.6. The number of carbonyl (C=O) groups excluding carboxylic acids is 1. The third-order valence-electron chi connectivity index (χ3n) is 4.14. The molecule has 0 unspecified atom stereocenters. The lowest BCUT2D eigenvalue weighted by molar-refractivity contribution is 0.0988. The summed E-state index contributed by atoms with van der Waals surface area (Å²) in [5, 5.41) is 6.05. The fourth-order valence-corrected chi connectivity index (χ4v) is 3.58. The maximum atomic E-state index is 13.2. The Morgan fingerprint density at radius 3 is 2.55 bits per heavy atom. The molecule has 0 spiro atoms. The molecule has 0 fully saturated rings. The van der Waals surface area contributed by atoms with Gasteiger partial charge in [-0.1, -0.05) is 11.3 Å². The molecule has 4 aromatic rings. The minimum absolute atomic E-state index is 0.318. The Balaban J connectivity index is 1.74. The molecule has 1 amide bonds. The number of methoxy groups -OCH3 is 2. The van der Waals surface area contributed by atoms with E-state index < -0.39 is 0 Å². The Bertz CT molecular complexity index is 1150. The Kier molecular flexibility index (Phi) is 5.26. The number of rotatable bonds is 6. The summed E-state index contributed by atoms with van der Waals surface area (Å²) in [6.07, 6.45) is 3.02. The van der Waals surface area contributed by atoms with E-state index in [-0.39, 0.29) is 5.91 Å². The lowest BCUT2D eigenvalue weighted by Gasteiger charge is -2.13. The highest BCUT2D eigenvalue weighted by Gasteiger charge is 2.21. The number of hydrogen-bond donors (Lipinski definition) is 0. The number of aromatic nitrogens is 1. The number of ether oxygens (including phenoxy) is 2. The molecule has 0 saturated heterocycles. The fourth-order valence-electron chi connectivity index (χ4n) is 2.63. The van der Waals surface area contributed by atoms with Crippen molar-refractivity contribution in [1.29, 1.82) is 0 Å². The van der Waals surface area contributed by atoms with E-state index in [9.17, 15) is 4.79 Å². The number of furan rings is 1. The van der Waals surface area contributed by atoms with Crippen molar-refractivity contribution in [2.45, 2.75) is 0 Å². The van der Waals surface area contributed by atoms with Crippen LogP contribution >= 0.6 is 11.3 Å². The zero-order chi connectivity index (χ0) is 20.2. The van der Waals surface area contributed by atoms with Gasteiger partial charge in [0.2, 0.25) is 5.13 Å². The third kappa shape index (κ3) is 3.97. The molecule has 2 aromatic carbocycles. The SMILES string of the molecule is COc1ccc(C(=O)N(/N=C/c2ccco2)c2nc3ccc(OC)cc3s2)cc1. The van der Waals surface area contributed by atoms with Crippen molar-refractivity contribution in [3.63, 3.8) is 0 Å². The first-order chi connectivity index (χ1) is 14.2. The molecule has 4 rings (SSSR count). The van der Waals surface area contributed by atoms with Crippen molar-refractivity contribution in [1.82, 2.24) is 4.98 Å². The lowest BCUT2D eigenvalue weighted by Crippen LogP contribution is -2.25. The minimum atomic E-state index is -0.318. The highest BCUT2D eigenvalue weighted by atomic mass is 32.1. The summed E-state index contributed by atoms with van der Waals surface area (Å²) in [7, 11) is 3.18. The van der Waals surface area contributed by atoms with Gasteiger partial charge in [-0.3, -0.25) is 4.79 Å². The van der Waals surface area contributed by atoms with Crippen molar-refractivity contribution in [3.05, 3.63) is 72.2 Å². The molecule has 0 N–H and O–H groups in total. The van der Waals surface area contributed by atoms with Crippen molar-refractivity contribution in [3.8, 4) is 11.5 Å². The van der Waals surface area contributed by atoms with Crippen molar-refractivity contribution < 1.29 is 18.7 Å². The monoisotopic (exact) mass is 407 g/mol. The molecule has 0 aliphatic heterocycles. The van der Waals surface area contributed by atoms with Crippen LogP contribution in [0.3, 0.4) is 0 Å². The highest BCUT2D eigenvalue weighted by molar-refractivity contribution is 7.22. The van der Waals surface area contributed by atoms with E-state index in [4.69, 9.17) is 13.9 Å². The molecular formula is C21H17N3O4S. The Hall–Kier alpha value is -3.65. The second-order valence-corrected chi connectivity index (χ2v) is 6.94. The summed E-state index contributed by atoms with van der Waals surface area (Å²) in [5.74, 6) is 1.60. The molecule has 0 saturated carbocycles. The fraction of sp³-hybridized carbons (Fsp3) is 0.0952. The Morgan fingerprint density at radius 2 is 1.86 bits per heavy atom. The van der Waals surface area contributed by atoms with Gasteiger partial charge in [0.25, 0.3) is 5.91 Å². The number of carbonyl (C=O) groups is 1. The topological polar surface area (TPSA) is 77.2 Å². The van der Waals surface area contributed by atoms with Crippen LogP contribution in [0.4, 0.5) is 5.13 Å². The van der Waals surface area contributed by atoms with Gasteiger partial charge in [-0.25, -0.2) is 4.98 Å². The van der Waals surface area contributed by atoms with Gasteiger partial charge in [0.15, 0.2) is 0 Å². The van der Waals surface area contributed by atoms with Crippen molar-refractivity contribution in [2.75, 3.05) is 19.2 Å². The van der Waals surface area contributed by atoms with Crippen molar-refractivity contribution in [2.24, 2.45) is 5.10 Å². The van der Waals surface area contributed by atoms with Gasteiger partial charge in [-0.05, 0) is 54.6 Å². The summed E-state index contributed by atoms with van der Waals surface area (Å²) in [5.41, 5.74) is 1.21. The summed E-state index contributed by atoms with van der Waals surface area (Å²) in [4.78, 5) is 17.8. The van der Waals surface area contributed by atoms with E-state index in [0.29, 0.717) is 22.2 Å². The van der Waals surface area contributed by atoms with Gasteiger partial charge in [-0.2, -0.15) is 10.1 Å². The van der Waals surface area contributed by atoms with E-state index in [2.05, 4.69) is 10.1 Å². The van der Waals surface area contributed by atoms with Crippen LogP contribution in [0.2, 0.25) is 0 Å². The number of thiazole rings is 1. The minimum Gasteiger partial charge on any atom is -0.497 e. The molecule has 0 aliphatic rings. The maximum absolute atomic E-state index is 13.2. The predicted octanol–water partition coefficient (Wildman–Crippen LogP) is 4.59. The van der Waals surface area contributed by atoms with Gasteiger partial charge in [0.1, 0.15) is 17.3 Å². The molecule has 29 heavy (non-hydrogen) atoms. The van der Waals surface area contributed by atoms with Crippen LogP contribution in [0.1, 0.15) is 16.1 Å². The standard InChI is InChI=1S/C21H17N3O4S/c1-26-15-7-5-14(6-8-15)20(25)24(22-13-17-4-3-11-28-17)21-23-18-10-9-16(27-2)12-19(18)29-21/h3-13H,1-2H3/b22-13+. The van der Waals surface area contributed by atoms with Crippen LogP contribution in [0.15, 0.2) is 70.4 Å². The van der Waals surface area contributed by atoms with E-state index >= 15 is 0 Å².